The van der Waals surface area contributed by atoms with E-state index in [2.05, 4.69) is 172 Å². The molecule has 2 aromatic heterocycles. The standard InChI is InChI=1S/C40H28N4/c1-4-15-28(16-5-1)34-26-36(42-40(41-34)29-17-6-2-7-18-29)44-37-31-21-11-10-14-27(31)24-25-33(37)39-38(44)32-22-12-13-23-35(32)43(39)30-19-8-3-9-20-30/h1-26,40,42H. The summed E-state index contributed by atoms with van der Waals surface area (Å²) in [5, 5.41) is 8.70. The summed E-state index contributed by atoms with van der Waals surface area (Å²) in [7, 11) is 0. The molecule has 4 nitrogen and oxygen atoms in total. The molecule has 8 aromatic rings. The monoisotopic (exact) mass is 564 g/mol. The van der Waals surface area contributed by atoms with E-state index in [-0.39, 0.29) is 6.17 Å². The van der Waals surface area contributed by atoms with Gasteiger partial charge in [0.25, 0.3) is 0 Å². The summed E-state index contributed by atoms with van der Waals surface area (Å²) in [5.74, 6) is 1.00. The lowest BCUT2D eigenvalue weighted by atomic mass is 10.1. The van der Waals surface area contributed by atoms with E-state index in [0.29, 0.717) is 0 Å². The highest BCUT2D eigenvalue weighted by atomic mass is 15.2. The third-order valence-corrected chi connectivity index (χ3v) is 8.72. The SMILES string of the molecule is C1=C(n2c3c4ccccc4ccc3c3c2c2ccccc2n3-c2ccccc2)NC(c2ccccc2)N=C1c1ccccc1. The summed E-state index contributed by atoms with van der Waals surface area (Å²) < 4.78 is 4.87. The van der Waals surface area contributed by atoms with E-state index in [4.69, 9.17) is 4.99 Å². The number of aliphatic imine (C=N–C) groups is 1. The number of nitrogens with one attached hydrogen (secondary N) is 1. The van der Waals surface area contributed by atoms with Crippen molar-refractivity contribution < 1.29 is 0 Å². The zero-order valence-corrected chi connectivity index (χ0v) is 23.9. The van der Waals surface area contributed by atoms with Gasteiger partial charge in [-0.05, 0) is 34.7 Å². The third kappa shape index (κ3) is 3.74. The second-order valence-corrected chi connectivity index (χ2v) is 11.3. The van der Waals surface area contributed by atoms with E-state index in [1.165, 1.54) is 43.6 Å². The fourth-order valence-electron chi connectivity index (χ4n) is 6.79. The van der Waals surface area contributed by atoms with Crippen molar-refractivity contribution in [2.75, 3.05) is 0 Å². The Hall–Kier alpha value is -5.87. The molecular weight excluding hydrogens is 536 g/mol. The van der Waals surface area contributed by atoms with Crippen LogP contribution in [0.4, 0.5) is 0 Å². The maximum atomic E-state index is 5.23. The molecule has 4 heteroatoms. The van der Waals surface area contributed by atoms with Crippen LogP contribution in [-0.2, 0) is 0 Å². The highest BCUT2D eigenvalue weighted by Crippen LogP contribution is 2.43. The van der Waals surface area contributed by atoms with Crippen LogP contribution < -0.4 is 5.32 Å². The molecule has 0 amide bonds. The lowest BCUT2D eigenvalue weighted by Crippen LogP contribution is -2.27. The molecule has 0 saturated carbocycles. The molecule has 1 aliphatic rings. The fourth-order valence-corrected chi connectivity index (χ4v) is 6.79. The second-order valence-electron chi connectivity index (χ2n) is 11.3. The third-order valence-electron chi connectivity index (χ3n) is 8.72. The molecule has 9 rings (SSSR count). The molecular formula is C40H28N4. The van der Waals surface area contributed by atoms with Crippen molar-refractivity contribution in [3.63, 3.8) is 0 Å². The van der Waals surface area contributed by atoms with Crippen LogP contribution in [0.3, 0.4) is 0 Å². The summed E-state index contributed by atoms with van der Waals surface area (Å²) in [6, 6.07) is 53.7. The second kappa shape index (κ2) is 9.85. The number of hydrogen-bond donors (Lipinski definition) is 1. The van der Waals surface area contributed by atoms with Crippen molar-refractivity contribution >= 4 is 55.1 Å². The van der Waals surface area contributed by atoms with Gasteiger partial charge in [0.1, 0.15) is 12.0 Å². The van der Waals surface area contributed by atoms with E-state index in [9.17, 15) is 0 Å². The summed E-state index contributed by atoms with van der Waals surface area (Å²) in [6.07, 6.45) is 1.97. The van der Waals surface area contributed by atoms with Crippen molar-refractivity contribution in [3.05, 3.63) is 169 Å². The van der Waals surface area contributed by atoms with Gasteiger partial charge in [0.2, 0.25) is 0 Å². The topological polar surface area (TPSA) is 34.2 Å². The number of rotatable bonds is 4. The molecule has 0 aliphatic carbocycles. The smallest absolute Gasteiger partial charge is 0.146 e. The Kier molecular flexibility index (Phi) is 5.53. The molecule has 0 bridgehead atoms. The van der Waals surface area contributed by atoms with Crippen LogP contribution in [0.15, 0.2) is 163 Å². The van der Waals surface area contributed by atoms with Crippen LogP contribution in [0.25, 0.3) is 55.1 Å². The summed E-state index contributed by atoms with van der Waals surface area (Å²) in [6.45, 7) is 0. The number of hydrogen-bond acceptors (Lipinski definition) is 2. The molecule has 44 heavy (non-hydrogen) atoms. The maximum absolute atomic E-state index is 5.23. The predicted molar refractivity (Wildman–Crippen MR) is 183 cm³/mol. The normalized spacial score (nSPS) is 15.0. The van der Waals surface area contributed by atoms with Crippen LogP contribution in [0.2, 0.25) is 0 Å². The maximum Gasteiger partial charge on any atom is 0.146 e. The van der Waals surface area contributed by atoms with Crippen molar-refractivity contribution in [2.24, 2.45) is 4.99 Å². The zero-order valence-electron chi connectivity index (χ0n) is 23.9. The lowest BCUT2D eigenvalue weighted by molar-refractivity contribution is 0.646. The highest BCUT2D eigenvalue weighted by Gasteiger charge is 2.27. The number of aromatic nitrogens is 2. The largest absolute Gasteiger partial charge is 0.346 e. The first kappa shape index (κ1) is 24.7. The van der Waals surface area contributed by atoms with Gasteiger partial charge in [0.05, 0.1) is 27.8 Å². The minimum absolute atomic E-state index is 0.239. The zero-order chi connectivity index (χ0) is 29.0. The number of fused-ring (bicyclic) bond motifs is 7. The van der Waals surface area contributed by atoms with E-state index in [0.717, 1.165) is 28.3 Å². The quantitative estimate of drug-likeness (QED) is 0.227. The number of para-hydroxylation sites is 2. The molecule has 0 fully saturated rings. The van der Waals surface area contributed by atoms with Gasteiger partial charge in [0.15, 0.2) is 0 Å². The molecule has 0 spiro atoms. The molecule has 208 valence electrons. The Morgan fingerprint density at radius 1 is 0.500 bits per heavy atom. The Balaban J connectivity index is 1.43. The first-order valence-electron chi connectivity index (χ1n) is 15.0. The Morgan fingerprint density at radius 2 is 1.14 bits per heavy atom. The van der Waals surface area contributed by atoms with Crippen molar-refractivity contribution in [2.45, 2.75) is 6.17 Å². The van der Waals surface area contributed by atoms with Crippen LogP contribution in [0, 0.1) is 0 Å². The Bertz CT molecular complexity index is 2400. The van der Waals surface area contributed by atoms with Crippen LogP contribution in [0.1, 0.15) is 17.3 Å². The molecule has 0 radical (unpaired) electrons. The van der Waals surface area contributed by atoms with Crippen LogP contribution >= 0.6 is 0 Å². The number of allylic oxidation sites excluding steroid dienone is 1. The molecule has 1 unspecified atom stereocenters. The minimum atomic E-state index is -0.239. The average Bonchev–Trinajstić information content (AvgIpc) is 3.62. The van der Waals surface area contributed by atoms with Gasteiger partial charge < -0.3 is 9.88 Å². The van der Waals surface area contributed by atoms with Crippen LogP contribution in [-0.4, -0.2) is 14.8 Å². The summed E-state index contributed by atoms with van der Waals surface area (Å²) in [4.78, 5) is 5.23. The Morgan fingerprint density at radius 3 is 1.93 bits per heavy atom. The molecule has 0 saturated heterocycles. The van der Waals surface area contributed by atoms with Gasteiger partial charge in [0, 0.05) is 27.9 Å². The lowest BCUT2D eigenvalue weighted by Gasteiger charge is -2.26. The van der Waals surface area contributed by atoms with Crippen molar-refractivity contribution in [3.8, 4) is 5.69 Å². The van der Waals surface area contributed by atoms with Gasteiger partial charge in [-0.3, -0.25) is 9.56 Å². The highest BCUT2D eigenvalue weighted by molar-refractivity contribution is 6.25. The number of benzene rings is 6. The van der Waals surface area contributed by atoms with Gasteiger partial charge >= 0.3 is 0 Å². The van der Waals surface area contributed by atoms with Gasteiger partial charge in [-0.15, -0.1) is 0 Å². The van der Waals surface area contributed by atoms with Gasteiger partial charge in [-0.2, -0.15) is 0 Å². The summed E-state index contributed by atoms with van der Waals surface area (Å²) in [5.41, 5.74) is 9.05. The van der Waals surface area contributed by atoms with E-state index >= 15 is 0 Å². The van der Waals surface area contributed by atoms with E-state index in [1.54, 1.807) is 0 Å². The van der Waals surface area contributed by atoms with Crippen molar-refractivity contribution in [1.82, 2.24) is 14.5 Å². The fraction of sp³-hybridized carbons (Fsp3) is 0.0250. The first-order chi connectivity index (χ1) is 21.8. The molecule has 1 N–H and O–H groups in total. The molecule has 6 aromatic carbocycles. The number of nitrogens with zero attached hydrogens (tertiary/aromatic N) is 3. The van der Waals surface area contributed by atoms with Gasteiger partial charge in [-0.1, -0.05) is 133 Å². The molecule has 1 atom stereocenters. The van der Waals surface area contributed by atoms with Gasteiger partial charge in [-0.25, -0.2) is 0 Å². The predicted octanol–water partition coefficient (Wildman–Crippen LogP) is 9.48. The Labute approximate surface area is 254 Å². The first-order valence-corrected chi connectivity index (χ1v) is 15.0. The van der Waals surface area contributed by atoms with E-state index < -0.39 is 0 Å². The van der Waals surface area contributed by atoms with Crippen molar-refractivity contribution in [1.29, 1.82) is 0 Å². The average molecular weight is 565 g/mol. The van der Waals surface area contributed by atoms with E-state index in [1.807, 2.05) is 0 Å². The minimum Gasteiger partial charge on any atom is -0.346 e. The molecule has 1 aliphatic heterocycles. The molecule has 3 heterocycles. The van der Waals surface area contributed by atoms with Crippen LogP contribution in [0.5, 0.6) is 0 Å². The summed E-state index contributed by atoms with van der Waals surface area (Å²) >= 11 is 0.